The Labute approximate surface area is 148 Å². The molecule has 0 aliphatic heterocycles. The van der Waals surface area contributed by atoms with Gasteiger partial charge in [-0.25, -0.2) is 0 Å². The summed E-state index contributed by atoms with van der Waals surface area (Å²) in [4.78, 5) is 1.34. The van der Waals surface area contributed by atoms with Crippen LogP contribution in [0.3, 0.4) is 0 Å². The Hall–Kier alpha value is -2.21. The lowest BCUT2D eigenvalue weighted by Gasteiger charge is -2.21. The summed E-state index contributed by atoms with van der Waals surface area (Å²) in [5.41, 5.74) is 1.35. The van der Waals surface area contributed by atoms with E-state index in [-0.39, 0.29) is 0 Å². The molecule has 4 rings (SSSR count). The first kappa shape index (κ1) is 15.3. The Bertz CT molecular complexity index is 860. The van der Waals surface area contributed by atoms with E-state index in [1.165, 1.54) is 26.4 Å². The molecule has 0 bridgehead atoms. The van der Waals surface area contributed by atoms with Crippen molar-refractivity contribution < 1.29 is 0 Å². The third-order valence-electron chi connectivity index (χ3n) is 3.96. The Morgan fingerprint density at radius 2 is 1.12 bits per heavy atom. The summed E-state index contributed by atoms with van der Waals surface area (Å²) in [6.45, 7) is 0. The Morgan fingerprint density at radius 1 is 0.542 bits per heavy atom. The van der Waals surface area contributed by atoms with Gasteiger partial charge in [0.2, 0.25) is 0 Å². The Kier molecular flexibility index (Phi) is 4.55. The molecule has 24 heavy (non-hydrogen) atoms. The summed E-state index contributed by atoms with van der Waals surface area (Å²) in [6.07, 6.45) is 0. The first-order valence-electron chi connectivity index (χ1n) is 7.96. The molecular weight excluding hydrogens is 327 g/mol. The lowest BCUT2D eigenvalue weighted by molar-refractivity contribution is 1.73. The molecule has 2 heteroatoms. The van der Waals surface area contributed by atoms with Crippen LogP contribution in [0.5, 0.6) is 0 Å². The van der Waals surface area contributed by atoms with Gasteiger partial charge in [-0.05, 0) is 40.8 Å². The minimum absolute atomic E-state index is 0.565. The van der Waals surface area contributed by atoms with E-state index in [1.54, 1.807) is 0 Å². The summed E-state index contributed by atoms with van der Waals surface area (Å²) in [5, 5.41) is 6.36. The van der Waals surface area contributed by atoms with Gasteiger partial charge in [-0.3, -0.25) is 0 Å². The van der Waals surface area contributed by atoms with Gasteiger partial charge in [0, 0.05) is 4.88 Å². The van der Waals surface area contributed by atoms with Crippen molar-refractivity contribution in [2.45, 2.75) is 0 Å². The highest BCUT2D eigenvalue weighted by Gasteiger charge is 2.19. The zero-order chi connectivity index (χ0) is 16.2. The van der Waals surface area contributed by atoms with Crippen molar-refractivity contribution in [3.05, 3.63) is 102 Å². The molecule has 0 atom stereocenters. The van der Waals surface area contributed by atoms with Gasteiger partial charge in [0.1, 0.15) is 0 Å². The normalized spacial score (nSPS) is 10.9. The Morgan fingerprint density at radius 3 is 1.71 bits per heavy atom. The van der Waals surface area contributed by atoms with E-state index in [4.69, 9.17) is 0 Å². The molecule has 0 nitrogen and oxygen atoms in total. The molecule has 0 unspecified atom stereocenters. The van der Waals surface area contributed by atoms with Gasteiger partial charge in [0.15, 0.2) is 0 Å². The van der Waals surface area contributed by atoms with Crippen molar-refractivity contribution >= 4 is 35.2 Å². The molecule has 1 aromatic heterocycles. The average Bonchev–Trinajstić information content (AvgIpc) is 3.19. The summed E-state index contributed by atoms with van der Waals surface area (Å²) in [5.74, 6) is 0. The minimum Gasteiger partial charge on any atom is -0.144 e. The molecule has 4 aromatic rings. The van der Waals surface area contributed by atoms with Gasteiger partial charge in [-0.2, -0.15) is 0 Å². The van der Waals surface area contributed by atoms with E-state index in [0.717, 1.165) is 0 Å². The molecule has 0 aliphatic carbocycles. The van der Waals surface area contributed by atoms with Crippen molar-refractivity contribution in [2.75, 3.05) is 0 Å². The predicted octanol–water partition coefficient (Wildman–Crippen LogP) is 5.17. The molecule has 0 amide bonds. The van der Waals surface area contributed by atoms with Crippen molar-refractivity contribution in [2.24, 2.45) is 0 Å². The highest BCUT2D eigenvalue weighted by atomic mass is 32.1. The SMILES string of the molecule is c1ccc(P(c2ccccc2)c2ccccc2-c2cccs2)cc1. The van der Waals surface area contributed by atoms with Crippen LogP contribution >= 0.6 is 19.3 Å². The van der Waals surface area contributed by atoms with E-state index in [0.29, 0.717) is 0 Å². The summed E-state index contributed by atoms with van der Waals surface area (Å²) in [6, 6.07) is 34.9. The lowest BCUT2D eigenvalue weighted by atomic mass is 10.2. The van der Waals surface area contributed by atoms with E-state index in [1.807, 2.05) is 11.3 Å². The Balaban J connectivity index is 1.93. The van der Waals surface area contributed by atoms with E-state index in [9.17, 15) is 0 Å². The number of thiophene rings is 1. The maximum absolute atomic E-state index is 2.29. The molecule has 0 saturated carbocycles. The van der Waals surface area contributed by atoms with E-state index in [2.05, 4.69) is 102 Å². The third kappa shape index (κ3) is 3.06. The molecular formula is C22H17PS. The highest BCUT2D eigenvalue weighted by molar-refractivity contribution is 7.80. The molecule has 0 radical (unpaired) electrons. The van der Waals surface area contributed by atoms with Gasteiger partial charge in [0.05, 0.1) is 0 Å². The smallest absolute Gasteiger partial charge is 0.0349 e. The van der Waals surface area contributed by atoms with Gasteiger partial charge in [-0.15, -0.1) is 11.3 Å². The van der Waals surface area contributed by atoms with Crippen molar-refractivity contribution in [1.29, 1.82) is 0 Å². The molecule has 0 saturated heterocycles. The van der Waals surface area contributed by atoms with Crippen LogP contribution in [0.15, 0.2) is 102 Å². The lowest BCUT2D eigenvalue weighted by Crippen LogP contribution is -2.21. The van der Waals surface area contributed by atoms with Gasteiger partial charge in [-0.1, -0.05) is 91.0 Å². The van der Waals surface area contributed by atoms with Crippen molar-refractivity contribution in [3.63, 3.8) is 0 Å². The summed E-state index contributed by atoms with van der Waals surface area (Å²) in [7, 11) is -0.565. The maximum Gasteiger partial charge on any atom is 0.0349 e. The fourth-order valence-corrected chi connectivity index (χ4v) is 6.20. The zero-order valence-electron chi connectivity index (χ0n) is 13.2. The molecule has 0 spiro atoms. The minimum atomic E-state index is -0.565. The van der Waals surface area contributed by atoms with Gasteiger partial charge in [0.25, 0.3) is 0 Å². The van der Waals surface area contributed by atoms with Crippen LogP contribution in [-0.2, 0) is 0 Å². The quantitative estimate of drug-likeness (QED) is 0.448. The largest absolute Gasteiger partial charge is 0.144 e. The number of hydrogen-bond acceptors (Lipinski definition) is 1. The predicted molar refractivity (Wildman–Crippen MR) is 108 cm³/mol. The van der Waals surface area contributed by atoms with Crippen LogP contribution in [-0.4, -0.2) is 0 Å². The number of benzene rings is 3. The molecule has 116 valence electrons. The van der Waals surface area contributed by atoms with Crippen LogP contribution in [0.1, 0.15) is 0 Å². The van der Waals surface area contributed by atoms with Crippen molar-refractivity contribution in [3.8, 4) is 10.4 Å². The number of rotatable bonds is 4. The molecule has 0 N–H and O–H groups in total. The van der Waals surface area contributed by atoms with Crippen LogP contribution in [0.2, 0.25) is 0 Å². The second-order valence-electron chi connectivity index (χ2n) is 5.50. The van der Waals surface area contributed by atoms with Crippen molar-refractivity contribution in [1.82, 2.24) is 0 Å². The maximum atomic E-state index is 2.29. The van der Waals surface area contributed by atoms with Crippen LogP contribution in [0, 0.1) is 0 Å². The summed E-state index contributed by atoms with van der Waals surface area (Å²) >= 11 is 1.81. The fraction of sp³-hybridized carbons (Fsp3) is 0. The van der Waals surface area contributed by atoms with Crippen LogP contribution in [0.4, 0.5) is 0 Å². The van der Waals surface area contributed by atoms with E-state index >= 15 is 0 Å². The van der Waals surface area contributed by atoms with E-state index < -0.39 is 7.92 Å². The fourth-order valence-electron chi connectivity index (χ4n) is 2.89. The zero-order valence-corrected chi connectivity index (χ0v) is 14.9. The first-order chi connectivity index (χ1) is 11.9. The molecule has 1 heterocycles. The molecule has 0 aliphatic rings. The summed E-state index contributed by atoms with van der Waals surface area (Å²) < 4.78 is 0. The highest BCUT2D eigenvalue weighted by Crippen LogP contribution is 2.37. The third-order valence-corrected chi connectivity index (χ3v) is 7.36. The average molecular weight is 344 g/mol. The molecule has 3 aromatic carbocycles. The van der Waals surface area contributed by atoms with Crippen LogP contribution < -0.4 is 15.9 Å². The topological polar surface area (TPSA) is 0 Å². The second-order valence-corrected chi connectivity index (χ2v) is 8.63. The molecule has 0 fully saturated rings. The standard InChI is InChI=1S/C22H17PS/c1-3-10-18(11-4-1)23(19-12-5-2-6-13-19)21-15-8-7-14-20(21)22-16-9-17-24-22/h1-17H. The first-order valence-corrected chi connectivity index (χ1v) is 10.2. The second kappa shape index (κ2) is 7.13. The van der Waals surface area contributed by atoms with Gasteiger partial charge < -0.3 is 0 Å². The van der Waals surface area contributed by atoms with Crippen LogP contribution in [0.25, 0.3) is 10.4 Å². The van der Waals surface area contributed by atoms with Gasteiger partial charge >= 0.3 is 0 Å². The monoisotopic (exact) mass is 344 g/mol. The number of hydrogen-bond donors (Lipinski definition) is 0.